The molecule has 6 nitrogen and oxygen atoms in total. The van der Waals surface area contributed by atoms with Crippen molar-refractivity contribution in [1.82, 2.24) is 4.90 Å². The van der Waals surface area contributed by atoms with Crippen molar-refractivity contribution in [2.24, 2.45) is 0 Å². The van der Waals surface area contributed by atoms with Crippen LogP contribution in [-0.2, 0) is 16.4 Å². The SMILES string of the molecule is CCCCCCCOc1ccc(C(=O)N(Cc2ccc(C)o2)[C@@H]2CCS(=O)(=O)C2)cc1. The van der Waals surface area contributed by atoms with E-state index in [0.29, 0.717) is 24.4 Å². The fourth-order valence-electron chi connectivity index (χ4n) is 3.88. The molecule has 0 radical (unpaired) electrons. The molecule has 3 rings (SSSR count). The average Bonchev–Trinajstić information content (AvgIpc) is 3.33. The molecule has 7 heteroatoms. The molecule has 0 unspecified atom stereocenters. The molecule has 1 aromatic heterocycles. The van der Waals surface area contributed by atoms with Crippen LogP contribution in [0, 0.1) is 6.92 Å². The lowest BCUT2D eigenvalue weighted by Gasteiger charge is -2.27. The van der Waals surface area contributed by atoms with Crippen molar-refractivity contribution >= 4 is 15.7 Å². The smallest absolute Gasteiger partial charge is 0.254 e. The number of sulfone groups is 1. The Morgan fingerprint density at radius 2 is 1.84 bits per heavy atom. The van der Waals surface area contributed by atoms with Gasteiger partial charge in [0.1, 0.15) is 17.3 Å². The van der Waals surface area contributed by atoms with Gasteiger partial charge in [-0.1, -0.05) is 32.6 Å². The molecule has 0 N–H and O–H groups in total. The second kappa shape index (κ2) is 10.8. The van der Waals surface area contributed by atoms with Gasteiger partial charge in [-0.3, -0.25) is 4.79 Å². The second-order valence-electron chi connectivity index (χ2n) is 8.29. The van der Waals surface area contributed by atoms with Crippen LogP contribution >= 0.6 is 0 Å². The summed E-state index contributed by atoms with van der Waals surface area (Å²) in [5.41, 5.74) is 0.517. The maximum atomic E-state index is 13.3. The zero-order valence-electron chi connectivity index (χ0n) is 18.5. The number of carbonyl (C=O) groups excluding carboxylic acids is 1. The Kier molecular flexibility index (Phi) is 8.18. The van der Waals surface area contributed by atoms with Crippen molar-refractivity contribution < 1.29 is 22.4 Å². The summed E-state index contributed by atoms with van der Waals surface area (Å²) in [5, 5.41) is 0. The summed E-state index contributed by atoms with van der Waals surface area (Å²) in [6, 6.07) is 10.4. The molecule has 170 valence electrons. The molecule has 1 saturated heterocycles. The summed E-state index contributed by atoms with van der Waals surface area (Å²) in [5.74, 6) is 2.07. The van der Waals surface area contributed by atoms with E-state index in [1.807, 2.05) is 19.1 Å². The van der Waals surface area contributed by atoms with Crippen molar-refractivity contribution in [2.75, 3.05) is 18.1 Å². The first-order valence-corrected chi connectivity index (χ1v) is 13.0. The van der Waals surface area contributed by atoms with Gasteiger partial charge < -0.3 is 14.1 Å². The number of hydrogen-bond acceptors (Lipinski definition) is 5. The van der Waals surface area contributed by atoms with E-state index in [4.69, 9.17) is 9.15 Å². The van der Waals surface area contributed by atoms with Gasteiger partial charge in [-0.05, 0) is 56.2 Å². The number of nitrogens with zero attached hydrogens (tertiary/aromatic N) is 1. The van der Waals surface area contributed by atoms with Gasteiger partial charge in [-0.2, -0.15) is 0 Å². The molecule has 0 bridgehead atoms. The lowest BCUT2D eigenvalue weighted by molar-refractivity contribution is 0.0665. The van der Waals surface area contributed by atoms with Crippen LogP contribution in [0.15, 0.2) is 40.8 Å². The number of carbonyl (C=O) groups is 1. The van der Waals surface area contributed by atoms with Gasteiger partial charge in [-0.25, -0.2) is 8.42 Å². The molecular weight excluding hydrogens is 414 g/mol. The van der Waals surface area contributed by atoms with E-state index in [2.05, 4.69) is 6.92 Å². The molecule has 1 aromatic carbocycles. The van der Waals surface area contributed by atoms with E-state index < -0.39 is 9.84 Å². The molecule has 1 amide bonds. The summed E-state index contributed by atoms with van der Waals surface area (Å²) in [6.07, 6.45) is 6.35. The van der Waals surface area contributed by atoms with Crippen LogP contribution in [0.1, 0.15) is 67.3 Å². The number of ether oxygens (including phenoxy) is 1. The lowest BCUT2D eigenvalue weighted by Crippen LogP contribution is -2.40. The fraction of sp³-hybridized carbons (Fsp3) is 0.542. The first-order chi connectivity index (χ1) is 14.9. The van der Waals surface area contributed by atoms with Gasteiger partial charge in [0, 0.05) is 11.6 Å². The van der Waals surface area contributed by atoms with Crippen molar-refractivity contribution in [2.45, 2.75) is 65.0 Å². The van der Waals surface area contributed by atoms with E-state index >= 15 is 0 Å². The Labute approximate surface area is 185 Å². The van der Waals surface area contributed by atoms with Gasteiger partial charge >= 0.3 is 0 Å². The molecule has 1 aliphatic heterocycles. The normalized spacial score (nSPS) is 17.5. The maximum absolute atomic E-state index is 13.3. The van der Waals surface area contributed by atoms with Gasteiger partial charge in [0.2, 0.25) is 0 Å². The molecular formula is C24H33NO5S. The number of amides is 1. The number of benzene rings is 1. The van der Waals surface area contributed by atoms with Crippen LogP contribution in [-0.4, -0.2) is 43.4 Å². The third kappa shape index (κ3) is 6.86. The predicted molar refractivity (Wildman–Crippen MR) is 121 cm³/mol. The van der Waals surface area contributed by atoms with Crippen LogP contribution in [0.3, 0.4) is 0 Å². The van der Waals surface area contributed by atoms with Crippen molar-refractivity contribution in [3.8, 4) is 5.75 Å². The molecule has 1 fully saturated rings. The highest BCUT2D eigenvalue weighted by Crippen LogP contribution is 2.24. The zero-order valence-corrected chi connectivity index (χ0v) is 19.3. The molecule has 0 saturated carbocycles. The van der Waals surface area contributed by atoms with E-state index in [1.165, 1.54) is 19.3 Å². The molecule has 0 aliphatic carbocycles. The van der Waals surface area contributed by atoms with E-state index in [9.17, 15) is 13.2 Å². The minimum Gasteiger partial charge on any atom is -0.494 e. The Balaban J connectivity index is 1.64. The van der Waals surface area contributed by atoms with Crippen LogP contribution in [0.4, 0.5) is 0 Å². The van der Waals surface area contributed by atoms with Crippen molar-refractivity contribution in [3.63, 3.8) is 0 Å². The van der Waals surface area contributed by atoms with Crippen molar-refractivity contribution in [1.29, 1.82) is 0 Å². The third-order valence-corrected chi connectivity index (χ3v) is 7.40. The predicted octanol–water partition coefficient (Wildman–Crippen LogP) is 4.77. The number of aryl methyl sites for hydroxylation is 1. The molecule has 1 atom stereocenters. The largest absolute Gasteiger partial charge is 0.494 e. The number of unbranched alkanes of at least 4 members (excludes halogenated alkanes) is 4. The monoisotopic (exact) mass is 447 g/mol. The van der Waals surface area contributed by atoms with Crippen LogP contribution in [0.25, 0.3) is 0 Å². The number of hydrogen-bond donors (Lipinski definition) is 0. The second-order valence-corrected chi connectivity index (χ2v) is 10.5. The average molecular weight is 448 g/mol. The Morgan fingerprint density at radius 1 is 1.10 bits per heavy atom. The van der Waals surface area contributed by atoms with Gasteiger partial charge in [0.05, 0.1) is 24.7 Å². The first kappa shape index (κ1) is 23.4. The molecule has 0 spiro atoms. The molecule has 31 heavy (non-hydrogen) atoms. The van der Waals surface area contributed by atoms with Crippen LogP contribution in [0.2, 0.25) is 0 Å². The standard InChI is InChI=1S/C24H33NO5S/c1-3-4-5-6-7-15-29-22-12-9-20(10-13-22)24(26)25(17-23-11-8-19(2)30-23)21-14-16-31(27,28)18-21/h8-13,21H,3-7,14-18H2,1-2H3/t21-/m1/s1. The summed E-state index contributed by atoms with van der Waals surface area (Å²) >= 11 is 0. The number of rotatable bonds is 11. The highest BCUT2D eigenvalue weighted by molar-refractivity contribution is 7.91. The highest BCUT2D eigenvalue weighted by Gasteiger charge is 2.35. The first-order valence-electron chi connectivity index (χ1n) is 11.2. The zero-order chi connectivity index (χ0) is 22.3. The third-order valence-electron chi connectivity index (χ3n) is 5.65. The molecule has 2 aromatic rings. The van der Waals surface area contributed by atoms with Gasteiger partial charge in [-0.15, -0.1) is 0 Å². The van der Waals surface area contributed by atoms with Crippen LogP contribution in [0.5, 0.6) is 5.75 Å². The maximum Gasteiger partial charge on any atom is 0.254 e. The lowest BCUT2D eigenvalue weighted by atomic mass is 10.1. The molecule has 1 aliphatic rings. The Bertz CT molecular complexity index is 949. The molecule has 2 heterocycles. The summed E-state index contributed by atoms with van der Waals surface area (Å²) in [6.45, 7) is 4.96. The minimum atomic E-state index is -3.11. The summed E-state index contributed by atoms with van der Waals surface area (Å²) < 4.78 is 35.5. The van der Waals surface area contributed by atoms with E-state index in [0.717, 1.165) is 24.4 Å². The highest BCUT2D eigenvalue weighted by atomic mass is 32.2. The van der Waals surface area contributed by atoms with Gasteiger partial charge in [0.25, 0.3) is 5.91 Å². The Hall–Kier alpha value is -2.28. The van der Waals surface area contributed by atoms with Crippen LogP contribution < -0.4 is 4.74 Å². The van der Waals surface area contributed by atoms with E-state index in [-0.39, 0.29) is 30.0 Å². The summed E-state index contributed by atoms with van der Waals surface area (Å²) in [4.78, 5) is 14.9. The summed E-state index contributed by atoms with van der Waals surface area (Å²) in [7, 11) is -3.11. The fourth-order valence-corrected chi connectivity index (χ4v) is 5.61. The van der Waals surface area contributed by atoms with Crippen molar-refractivity contribution in [3.05, 3.63) is 53.5 Å². The minimum absolute atomic E-state index is 0.00232. The van der Waals surface area contributed by atoms with Gasteiger partial charge in [0.15, 0.2) is 9.84 Å². The van der Waals surface area contributed by atoms with E-state index in [1.54, 1.807) is 29.2 Å². The Morgan fingerprint density at radius 3 is 2.45 bits per heavy atom. The quantitative estimate of drug-likeness (QED) is 0.464. The number of furan rings is 1. The topological polar surface area (TPSA) is 76.8 Å².